The molecule has 0 aliphatic heterocycles. The second-order valence-electron chi connectivity index (χ2n) is 3.13. The van der Waals surface area contributed by atoms with Gasteiger partial charge in [0.15, 0.2) is 0 Å². The van der Waals surface area contributed by atoms with E-state index in [0.29, 0.717) is 0 Å². The molecule has 0 bridgehead atoms. The van der Waals surface area contributed by atoms with E-state index in [0.717, 1.165) is 18.9 Å². The lowest BCUT2D eigenvalue weighted by molar-refractivity contribution is -0.131. The second kappa shape index (κ2) is 7.80. The van der Waals surface area contributed by atoms with E-state index in [2.05, 4.69) is 0 Å². The van der Waals surface area contributed by atoms with Crippen LogP contribution in [0.5, 0.6) is 0 Å². The number of carboxylic acid groups (broad SMARTS) is 1. The lowest BCUT2D eigenvalue weighted by atomic mass is 9.98. The third kappa shape index (κ3) is 9.08. The maximum Gasteiger partial charge on any atom is 0.327 e. The number of aliphatic hydroxyl groups is 1. The topological polar surface area (TPSA) is 57.5 Å². The molecule has 3 heteroatoms. The van der Waals surface area contributed by atoms with E-state index in [1.807, 2.05) is 0 Å². The molecular formula is C10H18O3. The Morgan fingerprint density at radius 2 is 1.85 bits per heavy atom. The second-order valence-corrected chi connectivity index (χ2v) is 3.13. The SMILES string of the molecule is CC=CC(=O)O.OC1CCCCC1. The number of aliphatic carboxylic acids is 1. The summed E-state index contributed by atoms with van der Waals surface area (Å²) in [6.07, 6.45) is 8.48. The summed E-state index contributed by atoms with van der Waals surface area (Å²) in [5.41, 5.74) is 0. The number of aliphatic hydroxyl groups excluding tert-OH is 1. The molecule has 1 fully saturated rings. The van der Waals surface area contributed by atoms with Gasteiger partial charge in [-0.3, -0.25) is 0 Å². The molecule has 0 aromatic heterocycles. The first-order chi connectivity index (χ1) is 6.16. The fourth-order valence-corrected chi connectivity index (χ4v) is 1.22. The monoisotopic (exact) mass is 186 g/mol. The van der Waals surface area contributed by atoms with Crippen LogP contribution >= 0.6 is 0 Å². The molecule has 3 nitrogen and oxygen atoms in total. The van der Waals surface area contributed by atoms with Crippen molar-refractivity contribution in [3.63, 3.8) is 0 Å². The summed E-state index contributed by atoms with van der Waals surface area (Å²) >= 11 is 0. The zero-order valence-electron chi connectivity index (χ0n) is 8.07. The van der Waals surface area contributed by atoms with Crippen LogP contribution in [0.4, 0.5) is 0 Å². The van der Waals surface area contributed by atoms with Crippen molar-refractivity contribution in [1.29, 1.82) is 0 Å². The average molecular weight is 186 g/mol. The molecule has 2 N–H and O–H groups in total. The fraction of sp³-hybridized carbons (Fsp3) is 0.700. The van der Waals surface area contributed by atoms with Crippen molar-refractivity contribution in [3.05, 3.63) is 12.2 Å². The van der Waals surface area contributed by atoms with Gasteiger partial charge in [0.2, 0.25) is 0 Å². The molecule has 0 spiro atoms. The third-order valence-electron chi connectivity index (χ3n) is 1.88. The minimum Gasteiger partial charge on any atom is -0.478 e. The van der Waals surface area contributed by atoms with Gasteiger partial charge in [-0.05, 0) is 19.8 Å². The maximum atomic E-state index is 9.51. The summed E-state index contributed by atoms with van der Waals surface area (Å²) < 4.78 is 0. The fourth-order valence-electron chi connectivity index (χ4n) is 1.22. The van der Waals surface area contributed by atoms with Crippen LogP contribution in [0.25, 0.3) is 0 Å². The van der Waals surface area contributed by atoms with Crippen LogP contribution < -0.4 is 0 Å². The van der Waals surface area contributed by atoms with Crippen LogP contribution in [0.1, 0.15) is 39.0 Å². The smallest absolute Gasteiger partial charge is 0.327 e. The van der Waals surface area contributed by atoms with Gasteiger partial charge in [-0.25, -0.2) is 4.79 Å². The van der Waals surface area contributed by atoms with Crippen molar-refractivity contribution in [2.75, 3.05) is 0 Å². The van der Waals surface area contributed by atoms with Crippen molar-refractivity contribution in [3.8, 4) is 0 Å². The summed E-state index contributed by atoms with van der Waals surface area (Å²) in [5.74, 6) is -0.891. The highest BCUT2D eigenvalue weighted by Crippen LogP contribution is 2.16. The van der Waals surface area contributed by atoms with Gasteiger partial charge in [-0.1, -0.05) is 25.3 Å². The highest BCUT2D eigenvalue weighted by atomic mass is 16.4. The van der Waals surface area contributed by atoms with Crippen LogP contribution in [0.3, 0.4) is 0 Å². The van der Waals surface area contributed by atoms with Crippen molar-refractivity contribution in [2.45, 2.75) is 45.1 Å². The van der Waals surface area contributed by atoms with Gasteiger partial charge in [0.1, 0.15) is 0 Å². The molecule has 0 heterocycles. The molecule has 1 aliphatic carbocycles. The van der Waals surface area contributed by atoms with Gasteiger partial charge < -0.3 is 10.2 Å². The van der Waals surface area contributed by atoms with Crippen LogP contribution in [0, 0.1) is 0 Å². The number of hydrogen-bond acceptors (Lipinski definition) is 2. The maximum absolute atomic E-state index is 9.51. The molecule has 1 saturated carbocycles. The summed E-state index contributed by atoms with van der Waals surface area (Å²) in [6, 6.07) is 0. The Morgan fingerprint density at radius 3 is 2.00 bits per heavy atom. The molecule has 0 atom stereocenters. The third-order valence-corrected chi connectivity index (χ3v) is 1.88. The van der Waals surface area contributed by atoms with E-state index in [9.17, 15) is 4.79 Å². The first-order valence-electron chi connectivity index (χ1n) is 4.70. The molecule has 0 aromatic carbocycles. The Labute approximate surface area is 79.1 Å². The lowest BCUT2D eigenvalue weighted by Crippen LogP contribution is -2.09. The predicted molar refractivity (Wildman–Crippen MR) is 51.5 cm³/mol. The molecule has 1 aliphatic rings. The van der Waals surface area contributed by atoms with E-state index in [1.54, 1.807) is 6.92 Å². The van der Waals surface area contributed by atoms with E-state index in [4.69, 9.17) is 10.2 Å². The van der Waals surface area contributed by atoms with Gasteiger partial charge in [0.25, 0.3) is 0 Å². The lowest BCUT2D eigenvalue weighted by Gasteiger charge is -2.14. The quantitative estimate of drug-likeness (QED) is 0.615. The van der Waals surface area contributed by atoms with Crippen LogP contribution in [0.2, 0.25) is 0 Å². The predicted octanol–water partition coefficient (Wildman–Crippen LogP) is 1.96. The molecule has 0 saturated heterocycles. The van der Waals surface area contributed by atoms with Gasteiger partial charge in [-0.15, -0.1) is 0 Å². The van der Waals surface area contributed by atoms with E-state index in [-0.39, 0.29) is 6.10 Å². The number of hydrogen-bond donors (Lipinski definition) is 2. The summed E-state index contributed by atoms with van der Waals surface area (Å²) in [7, 11) is 0. The molecule has 0 aromatic rings. The highest BCUT2D eigenvalue weighted by molar-refractivity contribution is 5.79. The zero-order valence-corrected chi connectivity index (χ0v) is 8.07. The van der Waals surface area contributed by atoms with Gasteiger partial charge in [0, 0.05) is 6.08 Å². The Morgan fingerprint density at radius 1 is 1.31 bits per heavy atom. The molecule has 0 unspecified atom stereocenters. The van der Waals surface area contributed by atoms with Crippen LogP contribution in [-0.2, 0) is 4.79 Å². The van der Waals surface area contributed by atoms with Crippen molar-refractivity contribution in [2.24, 2.45) is 0 Å². The molecule has 0 amide bonds. The van der Waals surface area contributed by atoms with Crippen LogP contribution in [0.15, 0.2) is 12.2 Å². The number of allylic oxidation sites excluding steroid dienone is 1. The molecular weight excluding hydrogens is 168 g/mol. The van der Waals surface area contributed by atoms with Gasteiger partial charge in [-0.2, -0.15) is 0 Å². The van der Waals surface area contributed by atoms with Crippen molar-refractivity contribution >= 4 is 5.97 Å². The van der Waals surface area contributed by atoms with E-state index in [1.165, 1.54) is 25.3 Å². The van der Waals surface area contributed by atoms with Crippen LogP contribution in [-0.4, -0.2) is 22.3 Å². The normalized spacial score (nSPS) is 18.0. The Hall–Kier alpha value is -0.830. The summed E-state index contributed by atoms with van der Waals surface area (Å²) in [5, 5.41) is 16.7. The Kier molecular flexibility index (Phi) is 7.30. The summed E-state index contributed by atoms with van der Waals surface area (Å²) in [6.45, 7) is 1.66. The molecule has 13 heavy (non-hydrogen) atoms. The van der Waals surface area contributed by atoms with Gasteiger partial charge >= 0.3 is 5.97 Å². The standard InChI is InChI=1S/C6H12O.C4H6O2/c7-6-4-2-1-3-5-6;1-2-3-4(5)6/h6-7H,1-5H2;2-3H,1H3,(H,5,6). The van der Waals surface area contributed by atoms with Crippen molar-refractivity contribution < 1.29 is 15.0 Å². The van der Waals surface area contributed by atoms with Gasteiger partial charge in [0.05, 0.1) is 6.10 Å². The van der Waals surface area contributed by atoms with Crippen molar-refractivity contribution in [1.82, 2.24) is 0 Å². The minimum atomic E-state index is -0.891. The molecule has 0 radical (unpaired) electrons. The highest BCUT2D eigenvalue weighted by Gasteiger charge is 2.07. The average Bonchev–Trinajstić information content (AvgIpc) is 2.06. The van der Waals surface area contributed by atoms with E-state index < -0.39 is 5.97 Å². The first kappa shape index (κ1) is 12.2. The minimum absolute atomic E-state index is 0.0359. The summed E-state index contributed by atoms with van der Waals surface area (Å²) in [4.78, 5) is 9.51. The number of carboxylic acids is 1. The van der Waals surface area contributed by atoms with E-state index >= 15 is 0 Å². The first-order valence-corrected chi connectivity index (χ1v) is 4.70. The Balaban J connectivity index is 0.000000226. The Bertz CT molecular complexity index is 158. The molecule has 1 rings (SSSR count). The molecule has 76 valence electrons. The largest absolute Gasteiger partial charge is 0.478 e. The zero-order chi connectivity index (χ0) is 10.1. The number of carbonyl (C=O) groups is 1. The number of rotatable bonds is 1.